The third kappa shape index (κ3) is 48.5. The summed E-state index contributed by atoms with van der Waals surface area (Å²) >= 11 is 0. The van der Waals surface area contributed by atoms with Gasteiger partial charge >= 0.3 is 18.1 Å². The second kappa shape index (κ2) is 68.3. The van der Waals surface area contributed by atoms with Crippen molar-refractivity contribution >= 4 is 94.1 Å². The number of anilines is 1. The highest BCUT2D eigenvalue weighted by Gasteiger charge is 2.45. The lowest BCUT2D eigenvalue weighted by molar-refractivity contribution is -0.303. The monoisotopic (exact) mass is 2010 g/mol. The standard InChI is InChI=1S/C104H164N16O23/c1-9-11-12-13-14-15-16-17-18-19-20-24-35-68(7)93(131)82(65-141-101-96(134)95(133)94(132)88(63-121)143-101)116-104(140)142-64-72-44-46-77(47-45-72)112-97(135)74(41-33-52-110-103(108)139)58-87(126)92(67(5)6)117-89(127)43-29-23-32-53-120-62-78(118-119-120)48-49-90(128)113-80(56-71-38-27-22-28-39-71)85(124)60-76(55-70-36-25-21-26-37-70)100(138)114-79(42-34-51-109-102(106)107)84(123)57-73(40-30-31-50-105)98(136)115-81(61-91(129)130)86(125)59-75(54-66(3)4)99(137)111-69(8)83(122)10-2/h21-22,25-28,36-39,44-47,62,66-69,73-76,79-82,88,92-96,101,121,131-134H,9-20,23-24,29-35,40-43,48-61,63-65,105H2,1-8H3,(H,111,137)(H,112,135)(H,113,128)(H,114,138)(H,115,136)(H,116,140)(H,117,127)(H,129,130)(H4,106,107,109)(H3,108,110,139)/t68?,69-,73?,74?,75?,76?,79?,80?,81?,82?,88?,92?,93?,94?,95?,96?,101?/m0/s1. The first-order chi connectivity index (χ1) is 68.3. The number of amides is 9. The Morgan fingerprint density at radius 2 is 1.09 bits per heavy atom. The Balaban J connectivity index is 1.18. The minimum Gasteiger partial charge on any atom is -0.481 e. The molecule has 1 aromatic heterocycles. The predicted octanol–water partition coefficient (Wildman–Crippen LogP) is 7.93. The molecule has 0 radical (unpaired) electrons. The Labute approximate surface area is 841 Å². The summed E-state index contributed by atoms with van der Waals surface area (Å²) in [5.74, 6) is -12.7. The van der Waals surface area contributed by atoms with Gasteiger partial charge in [-0.25, -0.2) is 9.59 Å². The number of hydrogen-bond acceptors (Lipinski definition) is 26. The molecule has 3 aromatic carbocycles. The molecule has 0 bridgehead atoms. The maximum atomic E-state index is 15.0. The molecule has 22 N–H and O–H groups in total. The minimum atomic E-state index is -1.72. The molecule has 17 atom stereocenters. The van der Waals surface area contributed by atoms with Crippen molar-refractivity contribution in [2.75, 3.05) is 38.2 Å². The van der Waals surface area contributed by atoms with Gasteiger partial charge in [-0.2, -0.15) is 0 Å². The summed E-state index contributed by atoms with van der Waals surface area (Å²) in [6.07, 6.45) is 7.19. The molecule has 1 saturated heterocycles. The van der Waals surface area contributed by atoms with E-state index in [0.29, 0.717) is 73.1 Å². The van der Waals surface area contributed by atoms with Gasteiger partial charge in [0.1, 0.15) is 31.0 Å². The van der Waals surface area contributed by atoms with E-state index >= 15 is 4.79 Å². The summed E-state index contributed by atoms with van der Waals surface area (Å²) in [4.78, 5) is 197. The van der Waals surface area contributed by atoms with Crippen molar-refractivity contribution in [2.45, 2.75) is 366 Å². The summed E-state index contributed by atoms with van der Waals surface area (Å²) < 4.78 is 18.5. The average Bonchev–Trinajstić information content (AvgIpc) is 1.79. The number of benzene rings is 3. The summed E-state index contributed by atoms with van der Waals surface area (Å²) in [5.41, 5.74) is 25.2. The third-order valence-electron chi connectivity index (χ3n) is 25.8. The van der Waals surface area contributed by atoms with Gasteiger partial charge in [-0.1, -0.05) is 216 Å². The Hall–Kier alpha value is -11.1. The van der Waals surface area contributed by atoms with Gasteiger partial charge in [0.15, 0.2) is 41.2 Å². The molecule has 2 heterocycles. The summed E-state index contributed by atoms with van der Waals surface area (Å²) in [6, 6.07) is 16.4. The van der Waals surface area contributed by atoms with Gasteiger partial charge in [0, 0.05) is 107 Å². The van der Waals surface area contributed by atoms with Gasteiger partial charge in [-0.3, -0.25) is 67.2 Å². The number of nitrogens with zero attached hydrogens (tertiary/aromatic N) is 4. The van der Waals surface area contributed by atoms with Crippen molar-refractivity contribution < 1.29 is 112 Å². The van der Waals surface area contributed by atoms with Crippen LogP contribution in [0.25, 0.3) is 0 Å². The summed E-state index contributed by atoms with van der Waals surface area (Å²) in [6.45, 7) is 13.9. The third-order valence-corrected chi connectivity index (χ3v) is 25.8. The van der Waals surface area contributed by atoms with E-state index in [9.17, 15) is 93.0 Å². The van der Waals surface area contributed by atoms with Crippen LogP contribution in [0.3, 0.4) is 0 Å². The number of Topliss-reactive ketones (excluding diaryl/α,β-unsaturated/α-hetero) is 5. The molecular weight excluding hydrogens is 1840 g/mol. The number of carboxylic acids is 1. The number of primary amides is 1. The number of aliphatic hydroxyl groups is 5. The molecule has 0 spiro atoms. The number of carbonyl (C=O) groups is 14. The molecule has 39 heteroatoms. The van der Waals surface area contributed by atoms with E-state index in [4.69, 9.17) is 37.1 Å². The lowest BCUT2D eigenvalue weighted by Gasteiger charge is -2.40. The number of aryl methyl sites for hydroxylation is 2. The molecule has 39 nitrogen and oxygen atoms in total. The average molecular weight is 2010 g/mol. The lowest BCUT2D eigenvalue weighted by Crippen LogP contribution is -2.60. The maximum absolute atomic E-state index is 15.0. The van der Waals surface area contributed by atoms with Crippen LogP contribution >= 0.6 is 0 Å². The fraction of sp³-hybridized carbons (Fsp3) is 0.663. The van der Waals surface area contributed by atoms with Crippen LogP contribution in [-0.2, 0) is 104 Å². The van der Waals surface area contributed by atoms with Gasteiger partial charge in [0.05, 0.1) is 67.7 Å². The number of aliphatic imine (C=N–C) groups is 1. The SMILES string of the molecule is CCCCCCCCCCCCCCC(C)C(O)C(COC1OC(CO)C(O)C(O)C1O)NC(=O)OCc1ccc(NC(=O)C(CCCNC(N)=O)CC(=O)C(NC(=O)CCCCCn2cc(CCC(=O)NC(Cc3ccccc3)C(=O)CC(Cc3ccccc3)C(=O)NC(CCCN=C(N)N)C(=O)CC(CCCCN)C(=O)NC(CC(=O)O)C(=O)CC(CC(C)C)C(=O)N[C@@H](C)C(=O)CC)nn2)C(C)C)cc1. The largest absolute Gasteiger partial charge is 0.481 e. The van der Waals surface area contributed by atoms with Crippen molar-refractivity contribution in [3.05, 3.63) is 114 Å². The number of carboxylic acid groups (broad SMARTS) is 1. The van der Waals surface area contributed by atoms with E-state index in [1.807, 2.05) is 20.8 Å². The molecule has 16 unspecified atom stereocenters. The second-order valence-corrected chi connectivity index (χ2v) is 38.8. The molecule has 0 aliphatic carbocycles. The molecule has 4 aromatic rings. The number of nitrogens with two attached hydrogens (primary N) is 4. The van der Waals surface area contributed by atoms with Crippen LogP contribution in [0.5, 0.6) is 0 Å². The van der Waals surface area contributed by atoms with E-state index in [1.54, 1.807) is 117 Å². The topological polar surface area (TPSA) is 631 Å². The molecule has 5 rings (SSSR count). The number of guanidine groups is 1. The Kier molecular flexibility index (Phi) is 58.4. The first kappa shape index (κ1) is 122. The molecule has 9 amide bonds. The molecule has 1 aliphatic rings. The number of unbranched alkanes of at least 4 members (excludes halogenated alkanes) is 14. The van der Waals surface area contributed by atoms with Crippen molar-refractivity contribution in [1.82, 2.24) is 52.2 Å². The van der Waals surface area contributed by atoms with Gasteiger partial charge in [-0.05, 0) is 137 Å². The van der Waals surface area contributed by atoms with E-state index in [2.05, 4.69) is 64.8 Å². The van der Waals surface area contributed by atoms with Crippen molar-refractivity contribution in [3.63, 3.8) is 0 Å². The number of carbonyl (C=O) groups excluding carboxylic acids is 13. The fourth-order valence-corrected chi connectivity index (χ4v) is 17.4. The smallest absolute Gasteiger partial charge is 0.407 e. The number of hydrogen-bond donors (Lipinski definition) is 18. The van der Waals surface area contributed by atoms with Gasteiger partial charge in [0.25, 0.3) is 0 Å². The zero-order chi connectivity index (χ0) is 105. The molecule has 1 aliphatic heterocycles. The lowest BCUT2D eigenvalue weighted by atomic mass is 9.87. The Bertz CT molecular complexity index is 4540. The first-order valence-electron chi connectivity index (χ1n) is 51.4. The summed E-state index contributed by atoms with van der Waals surface area (Å²) in [7, 11) is 0. The van der Waals surface area contributed by atoms with Gasteiger partial charge in [-0.15, -0.1) is 5.10 Å². The van der Waals surface area contributed by atoms with Crippen LogP contribution < -0.4 is 65.5 Å². The molecular formula is C104H164N16O23. The van der Waals surface area contributed by atoms with Gasteiger partial charge < -0.3 is 110 Å². The zero-order valence-electron chi connectivity index (χ0n) is 85.1. The zero-order valence-corrected chi connectivity index (χ0v) is 85.1. The van der Waals surface area contributed by atoms with Gasteiger partial charge in [0.2, 0.25) is 35.4 Å². The maximum Gasteiger partial charge on any atom is 0.407 e. The number of nitrogens with one attached hydrogen (secondary N) is 8. The number of rotatable bonds is 76. The van der Waals surface area contributed by atoms with E-state index in [1.165, 1.54) is 58.3 Å². The number of ketones is 5. The molecule has 798 valence electrons. The number of urea groups is 1. The quantitative estimate of drug-likeness (QED) is 0.0113. The minimum absolute atomic E-state index is 0.00952. The van der Waals surface area contributed by atoms with Crippen LogP contribution in [-0.4, -0.2) is 240 Å². The Morgan fingerprint density at radius 3 is 1.70 bits per heavy atom. The normalized spacial score (nSPS) is 17.2. The highest BCUT2D eigenvalue weighted by molar-refractivity contribution is 6.00. The van der Waals surface area contributed by atoms with Crippen molar-refractivity contribution in [2.24, 2.45) is 69.4 Å². The van der Waals surface area contributed by atoms with E-state index < -0.39 is 206 Å². The molecule has 0 saturated carbocycles. The number of aromatic nitrogens is 3. The molecule has 143 heavy (non-hydrogen) atoms. The van der Waals surface area contributed by atoms with Crippen LogP contribution in [0.15, 0.2) is 96.1 Å². The van der Waals surface area contributed by atoms with Crippen molar-refractivity contribution in [3.8, 4) is 0 Å². The number of aliphatic carboxylic acids is 1. The van der Waals surface area contributed by atoms with Crippen molar-refractivity contribution in [1.29, 1.82) is 0 Å². The van der Waals surface area contributed by atoms with Crippen LogP contribution in [0.1, 0.15) is 283 Å². The van der Waals surface area contributed by atoms with Crippen LogP contribution in [0.4, 0.5) is 15.3 Å². The highest BCUT2D eigenvalue weighted by Crippen LogP contribution is 2.29. The predicted molar refractivity (Wildman–Crippen MR) is 539 cm³/mol. The second-order valence-electron chi connectivity index (χ2n) is 38.8. The number of ether oxygens (including phenoxy) is 3. The Morgan fingerprint density at radius 1 is 0.531 bits per heavy atom. The van der Waals surface area contributed by atoms with Crippen LogP contribution in [0.2, 0.25) is 0 Å². The van der Waals surface area contributed by atoms with Crippen LogP contribution in [0, 0.1) is 41.4 Å². The van der Waals surface area contributed by atoms with E-state index in [0.717, 1.165) is 25.7 Å². The van der Waals surface area contributed by atoms with E-state index in [-0.39, 0.29) is 145 Å². The number of alkyl carbamates (subject to hydrolysis) is 1. The number of aliphatic hydroxyl groups excluding tert-OH is 5. The highest BCUT2D eigenvalue weighted by atomic mass is 16.7. The first-order valence-corrected chi connectivity index (χ1v) is 51.4. The molecule has 1 fully saturated rings. The summed E-state index contributed by atoms with van der Waals surface area (Å²) in [5, 5.41) is 93.5. The fourth-order valence-electron chi connectivity index (χ4n) is 17.4.